The molecule has 3 nitrogen and oxygen atoms in total. The maximum atomic E-state index is 2.42. The van der Waals surface area contributed by atoms with Crippen LogP contribution in [0, 0.1) is 0 Å². The van der Waals surface area contributed by atoms with E-state index in [1.165, 1.54) is 65.4 Å². The van der Waals surface area contributed by atoms with Gasteiger partial charge in [-0.15, -0.1) is 0 Å². The fourth-order valence-electron chi connectivity index (χ4n) is 8.50. The predicted molar refractivity (Wildman–Crippen MR) is 225 cm³/mol. The van der Waals surface area contributed by atoms with Crippen LogP contribution in [0.2, 0.25) is 0 Å². The van der Waals surface area contributed by atoms with Crippen molar-refractivity contribution in [2.75, 3.05) is 0 Å². The van der Waals surface area contributed by atoms with Crippen LogP contribution in [-0.2, 0) is 0 Å². The molecule has 0 amide bonds. The van der Waals surface area contributed by atoms with E-state index in [9.17, 15) is 0 Å². The lowest BCUT2D eigenvalue weighted by molar-refractivity contribution is 1.13. The first-order chi connectivity index (χ1) is 26.3. The summed E-state index contributed by atoms with van der Waals surface area (Å²) in [5.74, 6) is 0. The van der Waals surface area contributed by atoms with Crippen molar-refractivity contribution in [3.8, 4) is 17.1 Å². The highest BCUT2D eigenvalue weighted by atomic mass is 15.0. The zero-order valence-electron chi connectivity index (χ0n) is 28.9. The minimum atomic E-state index is 1.13. The van der Waals surface area contributed by atoms with Gasteiger partial charge in [-0.2, -0.15) is 0 Å². The second-order valence-corrected chi connectivity index (χ2v) is 13.8. The number of hydrogen-bond donors (Lipinski definition) is 0. The summed E-state index contributed by atoms with van der Waals surface area (Å²) in [6, 6.07) is 68.2. The molecule has 0 fully saturated rings. The van der Waals surface area contributed by atoms with E-state index < -0.39 is 0 Å². The average Bonchev–Trinajstić information content (AvgIpc) is 3.86. The van der Waals surface area contributed by atoms with Crippen LogP contribution in [0.5, 0.6) is 0 Å². The summed E-state index contributed by atoms with van der Waals surface area (Å²) in [5.41, 5.74) is 12.9. The second kappa shape index (κ2) is 11.7. The Bertz CT molecular complexity index is 2930. The highest BCUT2D eigenvalue weighted by molar-refractivity contribution is 6.11. The van der Waals surface area contributed by atoms with Gasteiger partial charge in [-0.1, -0.05) is 133 Å². The third-order valence-electron chi connectivity index (χ3n) is 10.8. The first kappa shape index (κ1) is 29.6. The molecule has 0 saturated heterocycles. The Morgan fingerprint density at radius 3 is 0.868 bits per heavy atom. The van der Waals surface area contributed by atoms with Crippen molar-refractivity contribution in [1.82, 2.24) is 13.7 Å². The summed E-state index contributed by atoms with van der Waals surface area (Å²) in [6.07, 6.45) is 4.49. The number of aromatic nitrogens is 3. The summed E-state index contributed by atoms with van der Waals surface area (Å²) in [6.45, 7) is 0. The third-order valence-corrected chi connectivity index (χ3v) is 10.8. The van der Waals surface area contributed by atoms with Crippen molar-refractivity contribution in [3.05, 3.63) is 199 Å². The van der Waals surface area contributed by atoms with Crippen LogP contribution < -0.4 is 0 Å². The standard InChI is InChI=1S/C50H33N3/c1-7-19-45-39(13-1)40-14-2-8-20-46(40)51(45)36-29-27-34(28-30-36)25-26-35-31-37(52-47-21-9-3-15-41(47)42-16-4-10-22-48(42)52)33-38(32-35)53-49-23-11-5-17-43(49)44-18-6-12-24-50(44)53/h1-33H. The Labute approximate surface area is 306 Å². The van der Waals surface area contributed by atoms with Crippen molar-refractivity contribution in [3.63, 3.8) is 0 Å². The molecule has 0 atom stereocenters. The van der Waals surface area contributed by atoms with E-state index in [0.29, 0.717) is 0 Å². The molecule has 53 heavy (non-hydrogen) atoms. The van der Waals surface area contributed by atoms with Crippen molar-refractivity contribution >= 4 is 77.6 Å². The highest BCUT2D eigenvalue weighted by Crippen LogP contribution is 2.37. The fourth-order valence-corrected chi connectivity index (χ4v) is 8.50. The van der Waals surface area contributed by atoms with E-state index in [0.717, 1.165) is 28.2 Å². The van der Waals surface area contributed by atoms with Gasteiger partial charge in [0.2, 0.25) is 0 Å². The molecule has 3 heterocycles. The molecule has 0 aliphatic rings. The molecule has 0 aliphatic carbocycles. The molecule has 0 spiro atoms. The Morgan fingerprint density at radius 2 is 0.528 bits per heavy atom. The third kappa shape index (κ3) is 4.61. The van der Waals surface area contributed by atoms with Gasteiger partial charge in [-0.25, -0.2) is 0 Å². The van der Waals surface area contributed by atoms with Gasteiger partial charge in [-0.3, -0.25) is 0 Å². The van der Waals surface area contributed by atoms with Gasteiger partial charge in [0.25, 0.3) is 0 Å². The lowest BCUT2D eigenvalue weighted by Crippen LogP contribution is -2.00. The number of rotatable bonds is 5. The van der Waals surface area contributed by atoms with Crippen molar-refractivity contribution < 1.29 is 0 Å². The SMILES string of the molecule is C(=Cc1cc(-n2c3ccccc3c3ccccc32)cc(-n2c3ccccc3c3ccccc32)c1)c1ccc(-n2c3ccccc3c3ccccc32)cc1. The summed E-state index contributed by atoms with van der Waals surface area (Å²) in [7, 11) is 0. The van der Waals surface area contributed by atoms with Crippen LogP contribution in [0.4, 0.5) is 0 Å². The summed E-state index contributed by atoms with van der Waals surface area (Å²) in [4.78, 5) is 0. The van der Waals surface area contributed by atoms with Crippen molar-refractivity contribution in [1.29, 1.82) is 0 Å². The first-order valence-corrected chi connectivity index (χ1v) is 18.2. The van der Waals surface area contributed by atoms with Crippen LogP contribution in [0.15, 0.2) is 188 Å². The topological polar surface area (TPSA) is 14.8 Å². The Hall–Kier alpha value is -7.10. The zero-order valence-corrected chi connectivity index (χ0v) is 28.9. The van der Waals surface area contributed by atoms with Gasteiger partial charge in [0, 0.05) is 49.4 Å². The van der Waals surface area contributed by atoms with Crippen molar-refractivity contribution in [2.45, 2.75) is 0 Å². The quantitative estimate of drug-likeness (QED) is 0.161. The summed E-state index contributed by atoms with van der Waals surface area (Å²) < 4.78 is 7.20. The molecule has 3 heteroatoms. The molecular formula is C50H33N3. The van der Waals surface area contributed by atoms with E-state index in [-0.39, 0.29) is 0 Å². The number of fused-ring (bicyclic) bond motifs is 9. The molecule has 248 valence electrons. The molecule has 0 unspecified atom stereocenters. The van der Waals surface area contributed by atoms with Gasteiger partial charge in [-0.05, 0) is 77.9 Å². The molecule has 0 saturated carbocycles. The fraction of sp³-hybridized carbons (Fsp3) is 0. The molecule has 0 radical (unpaired) electrons. The number of nitrogens with zero attached hydrogens (tertiary/aromatic N) is 3. The lowest BCUT2D eigenvalue weighted by Gasteiger charge is -2.14. The van der Waals surface area contributed by atoms with E-state index in [1.807, 2.05) is 0 Å². The zero-order chi connectivity index (χ0) is 34.9. The monoisotopic (exact) mass is 675 g/mol. The number of hydrogen-bond acceptors (Lipinski definition) is 0. The van der Waals surface area contributed by atoms with Crippen molar-refractivity contribution in [2.24, 2.45) is 0 Å². The number of para-hydroxylation sites is 6. The normalized spacial score (nSPS) is 12.1. The average molecular weight is 676 g/mol. The van der Waals surface area contributed by atoms with Crippen LogP contribution in [0.3, 0.4) is 0 Å². The van der Waals surface area contributed by atoms with E-state index >= 15 is 0 Å². The van der Waals surface area contributed by atoms with E-state index in [1.54, 1.807) is 0 Å². The minimum Gasteiger partial charge on any atom is -0.309 e. The van der Waals surface area contributed by atoms with Gasteiger partial charge >= 0.3 is 0 Å². The Kier molecular flexibility index (Phi) is 6.55. The largest absolute Gasteiger partial charge is 0.309 e. The molecule has 3 aromatic heterocycles. The molecule has 0 bridgehead atoms. The second-order valence-electron chi connectivity index (χ2n) is 13.8. The number of benzene rings is 8. The van der Waals surface area contributed by atoms with Gasteiger partial charge in [0.05, 0.1) is 33.1 Å². The van der Waals surface area contributed by atoms with Crippen LogP contribution >= 0.6 is 0 Å². The molecule has 11 aromatic rings. The highest BCUT2D eigenvalue weighted by Gasteiger charge is 2.16. The van der Waals surface area contributed by atoms with E-state index in [4.69, 9.17) is 0 Å². The maximum Gasteiger partial charge on any atom is 0.0541 e. The maximum absolute atomic E-state index is 2.42. The molecule has 11 rings (SSSR count). The summed E-state index contributed by atoms with van der Waals surface area (Å²) in [5, 5.41) is 7.57. The van der Waals surface area contributed by atoms with Crippen LogP contribution in [-0.4, -0.2) is 13.7 Å². The van der Waals surface area contributed by atoms with Gasteiger partial charge < -0.3 is 13.7 Å². The van der Waals surface area contributed by atoms with Gasteiger partial charge in [0.1, 0.15) is 0 Å². The van der Waals surface area contributed by atoms with E-state index in [2.05, 4.69) is 214 Å². The van der Waals surface area contributed by atoms with Crippen LogP contribution in [0.25, 0.3) is 94.6 Å². The lowest BCUT2D eigenvalue weighted by atomic mass is 10.1. The molecule has 0 N–H and O–H groups in total. The Morgan fingerprint density at radius 1 is 0.245 bits per heavy atom. The first-order valence-electron chi connectivity index (χ1n) is 18.2. The van der Waals surface area contributed by atoms with Gasteiger partial charge in [0.15, 0.2) is 0 Å². The smallest absolute Gasteiger partial charge is 0.0541 e. The minimum absolute atomic E-state index is 1.13. The summed E-state index contributed by atoms with van der Waals surface area (Å²) >= 11 is 0. The molecular weight excluding hydrogens is 643 g/mol. The Balaban J connectivity index is 1.08. The molecule has 8 aromatic carbocycles. The van der Waals surface area contributed by atoms with Crippen LogP contribution in [0.1, 0.15) is 11.1 Å². The molecule has 0 aliphatic heterocycles. The predicted octanol–water partition coefficient (Wildman–Crippen LogP) is 13.1.